The van der Waals surface area contributed by atoms with E-state index in [4.69, 9.17) is 9.47 Å². The van der Waals surface area contributed by atoms with Crippen LogP contribution in [-0.2, 0) is 19.5 Å². The highest BCUT2D eigenvalue weighted by Gasteiger charge is 2.45. The SMILES string of the molecule is CCS(=O)(=O)N1CCOC[C@@]2(C[C@@H](CN(C)C(C)C)CO2)C1. The Morgan fingerprint density at radius 2 is 2.14 bits per heavy atom. The Balaban J connectivity index is 2.04. The fourth-order valence-electron chi connectivity index (χ4n) is 3.18. The van der Waals surface area contributed by atoms with Gasteiger partial charge in [0.25, 0.3) is 0 Å². The average Bonchev–Trinajstić information content (AvgIpc) is 2.71. The van der Waals surface area contributed by atoms with Crippen LogP contribution in [0, 0.1) is 5.92 Å². The topological polar surface area (TPSA) is 59.1 Å². The molecule has 0 aromatic heterocycles. The molecular weight excluding hydrogens is 304 g/mol. The Labute approximate surface area is 134 Å². The molecule has 2 fully saturated rings. The van der Waals surface area contributed by atoms with Gasteiger partial charge in [0, 0.05) is 25.7 Å². The Kier molecular flexibility index (Phi) is 5.88. The van der Waals surface area contributed by atoms with Crippen LogP contribution in [0.2, 0.25) is 0 Å². The quantitative estimate of drug-likeness (QED) is 0.744. The lowest BCUT2D eigenvalue weighted by atomic mass is 9.94. The van der Waals surface area contributed by atoms with Gasteiger partial charge in [0.1, 0.15) is 5.60 Å². The van der Waals surface area contributed by atoms with Crippen molar-refractivity contribution in [1.29, 1.82) is 0 Å². The van der Waals surface area contributed by atoms with Crippen molar-refractivity contribution < 1.29 is 17.9 Å². The van der Waals surface area contributed by atoms with Gasteiger partial charge in [-0.25, -0.2) is 8.42 Å². The molecule has 130 valence electrons. The largest absolute Gasteiger partial charge is 0.377 e. The van der Waals surface area contributed by atoms with Gasteiger partial charge in [0.05, 0.1) is 25.6 Å². The number of rotatable bonds is 5. The number of nitrogens with zero attached hydrogens (tertiary/aromatic N) is 2. The summed E-state index contributed by atoms with van der Waals surface area (Å²) in [6.45, 7) is 9.48. The van der Waals surface area contributed by atoms with Crippen LogP contribution < -0.4 is 0 Å². The van der Waals surface area contributed by atoms with Crippen molar-refractivity contribution in [3.8, 4) is 0 Å². The molecule has 0 N–H and O–H groups in total. The fraction of sp³-hybridized carbons (Fsp3) is 1.00. The molecule has 2 heterocycles. The number of sulfonamides is 1. The van der Waals surface area contributed by atoms with Gasteiger partial charge in [0.2, 0.25) is 10.0 Å². The van der Waals surface area contributed by atoms with Crippen molar-refractivity contribution in [2.24, 2.45) is 5.92 Å². The highest BCUT2D eigenvalue weighted by Crippen LogP contribution is 2.34. The van der Waals surface area contributed by atoms with Crippen LogP contribution in [0.15, 0.2) is 0 Å². The van der Waals surface area contributed by atoms with Crippen LogP contribution in [0.5, 0.6) is 0 Å². The molecule has 2 rings (SSSR count). The molecule has 0 amide bonds. The molecule has 2 atom stereocenters. The van der Waals surface area contributed by atoms with Crippen LogP contribution in [0.25, 0.3) is 0 Å². The molecule has 1 spiro atoms. The van der Waals surface area contributed by atoms with Gasteiger partial charge in [-0.3, -0.25) is 0 Å². The van der Waals surface area contributed by atoms with Gasteiger partial charge in [0.15, 0.2) is 0 Å². The first-order chi connectivity index (χ1) is 10.3. The van der Waals surface area contributed by atoms with E-state index in [1.807, 2.05) is 0 Å². The van der Waals surface area contributed by atoms with Gasteiger partial charge in [-0.1, -0.05) is 0 Å². The van der Waals surface area contributed by atoms with Crippen molar-refractivity contribution >= 4 is 10.0 Å². The Morgan fingerprint density at radius 1 is 1.41 bits per heavy atom. The van der Waals surface area contributed by atoms with Gasteiger partial charge >= 0.3 is 0 Å². The molecule has 22 heavy (non-hydrogen) atoms. The Bertz CT molecular complexity index is 468. The van der Waals surface area contributed by atoms with Gasteiger partial charge < -0.3 is 14.4 Å². The molecule has 0 aromatic carbocycles. The fourth-order valence-corrected chi connectivity index (χ4v) is 4.33. The summed E-state index contributed by atoms with van der Waals surface area (Å²) in [6.07, 6.45) is 0.861. The molecule has 6 nitrogen and oxygen atoms in total. The van der Waals surface area contributed by atoms with Gasteiger partial charge in [-0.15, -0.1) is 0 Å². The van der Waals surface area contributed by atoms with Crippen molar-refractivity contribution in [3.05, 3.63) is 0 Å². The van der Waals surface area contributed by atoms with Crippen LogP contribution in [0.4, 0.5) is 0 Å². The molecule has 2 aliphatic rings. The summed E-state index contributed by atoms with van der Waals surface area (Å²) in [5.74, 6) is 0.558. The summed E-state index contributed by atoms with van der Waals surface area (Å²) in [6, 6.07) is 0.499. The molecule has 0 bridgehead atoms. The highest BCUT2D eigenvalue weighted by atomic mass is 32.2. The van der Waals surface area contributed by atoms with E-state index in [0.717, 1.165) is 13.0 Å². The molecule has 0 unspecified atom stereocenters. The third-order valence-corrected chi connectivity index (χ3v) is 6.61. The average molecular weight is 334 g/mol. The van der Waals surface area contributed by atoms with Gasteiger partial charge in [-0.05, 0) is 40.2 Å². The minimum atomic E-state index is -3.20. The van der Waals surface area contributed by atoms with Crippen LogP contribution in [-0.4, -0.2) is 81.5 Å². The predicted molar refractivity (Wildman–Crippen MR) is 86.4 cm³/mol. The maximum absolute atomic E-state index is 12.2. The standard InChI is InChI=1S/C15H30N2O4S/c1-5-22(18,19)17-6-7-20-12-15(11-17)8-14(10-21-15)9-16(4)13(2)3/h13-14H,5-12H2,1-4H3/t14-,15+/m0/s1. The lowest BCUT2D eigenvalue weighted by Gasteiger charge is -2.31. The van der Waals surface area contributed by atoms with Crippen LogP contribution in [0.1, 0.15) is 27.2 Å². The monoisotopic (exact) mass is 334 g/mol. The molecule has 7 heteroatoms. The van der Waals surface area contributed by atoms with E-state index in [1.54, 1.807) is 11.2 Å². The summed E-state index contributed by atoms with van der Waals surface area (Å²) in [5.41, 5.74) is -0.471. The van der Waals surface area contributed by atoms with Crippen molar-refractivity contribution in [2.45, 2.75) is 38.8 Å². The lowest BCUT2D eigenvalue weighted by molar-refractivity contribution is -0.0512. The van der Waals surface area contributed by atoms with E-state index in [1.165, 1.54) is 0 Å². The molecular formula is C15H30N2O4S. The Morgan fingerprint density at radius 3 is 2.77 bits per heavy atom. The predicted octanol–water partition coefficient (Wildman–Crippen LogP) is 0.784. The third kappa shape index (κ3) is 4.20. The molecule has 2 saturated heterocycles. The van der Waals surface area contributed by atoms with Gasteiger partial charge in [-0.2, -0.15) is 4.31 Å². The van der Waals surface area contributed by atoms with E-state index in [0.29, 0.717) is 44.9 Å². The lowest BCUT2D eigenvalue weighted by Crippen LogP contribution is -2.46. The zero-order chi connectivity index (χ0) is 16.4. The molecule has 0 saturated carbocycles. The van der Waals surface area contributed by atoms with Crippen molar-refractivity contribution in [3.63, 3.8) is 0 Å². The molecule has 0 aromatic rings. The first kappa shape index (κ1) is 18.1. The van der Waals surface area contributed by atoms with E-state index in [2.05, 4.69) is 25.8 Å². The molecule has 2 aliphatic heterocycles. The third-order valence-electron chi connectivity index (χ3n) is 4.79. The second-order valence-electron chi connectivity index (χ2n) is 6.88. The van der Waals surface area contributed by atoms with E-state index < -0.39 is 15.6 Å². The van der Waals surface area contributed by atoms with Crippen molar-refractivity contribution in [2.75, 3.05) is 52.3 Å². The van der Waals surface area contributed by atoms with Crippen LogP contribution >= 0.6 is 0 Å². The van der Waals surface area contributed by atoms with Crippen molar-refractivity contribution in [1.82, 2.24) is 9.21 Å². The summed E-state index contributed by atoms with van der Waals surface area (Å²) < 4.78 is 37.7. The number of hydrogen-bond acceptors (Lipinski definition) is 5. The maximum atomic E-state index is 12.2. The van der Waals surface area contributed by atoms with Crippen LogP contribution in [0.3, 0.4) is 0 Å². The summed E-state index contributed by atoms with van der Waals surface area (Å²) in [7, 11) is -1.08. The zero-order valence-corrected chi connectivity index (χ0v) is 15.1. The maximum Gasteiger partial charge on any atom is 0.214 e. The first-order valence-corrected chi connectivity index (χ1v) is 9.79. The molecule has 0 radical (unpaired) electrons. The Hall–Kier alpha value is -0.210. The normalized spacial score (nSPS) is 31.3. The highest BCUT2D eigenvalue weighted by molar-refractivity contribution is 7.89. The molecule has 0 aliphatic carbocycles. The number of ether oxygens (including phenoxy) is 2. The van der Waals surface area contributed by atoms with E-state index in [9.17, 15) is 8.42 Å². The minimum absolute atomic E-state index is 0.128. The van der Waals surface area contributed by atoms with E-state index >= 15 is 0 Å². The summed E-state index contributed by atoms with van der Waals surface area (Å²) in [4.78, 5) is 2.31. The second-order valence-corrected chi connectivity index (χ2v) is 9.14. The summed E-state index contributed by atoms with van der Waals surface area (Å²) in [5, 5.41) is 0. The first-order valence-electron chi connectivity index (χ1n) is 8.18. The zero-order valence-electron chi connectivity index (χ0n) is 14.2. The number of hydrogen-bond donors (Lipinski definition) is 0. The minimum Gasteiger partial charge on any atom is -0.377 e. The second kappa shape index (κ2) is 7.13. The smallest absolute Gasteiger partial charge is 0.214 e. The van der Waals surface area contributed by atoms with E-state index in [-0.39, 0.29) is 5.75 Å². The summed E-state index contributed by atoms with van der Waals surface area (Å²) >= 11 is 0.